The van der Waals surface area contributed by atoms with Crippen LogP contribution in [-0.2, 0) is 4.79 Å². The normalized spacial score (nSPS) is 12.7. The van der Waals surface area contributed by atoms with Gasteiger partial charge in [0.05, 0.1) is 0 Å². The van der Waals surface area contributed by atoms with Crippen molar-refractivity contribution in [3.8, 4) is 0 Å². The van der Waals surface area contributed by atoms with Crippen molar-refractivity contribution in [2.75, 3.05) is 31.1 Å². The minimum Gasteiger partial charge on any atom is -0.480 e. The summed E-state index contributed by atoms with van der Waals surface area (Å²) in [7, 11) is 3.14. The van der Waals surface area contributed by atoms with Crippen LogP contribution in [0, 0.1) is 0 Å². The number of hydrogen-bond donors (Lipinski definition) is 4. The van der Waals surface area contributed by atoms with E-state index in [1.807, 2.05) is 0 Å². The average Bonchev–Trinajstić information content (AvgIpc) is 2.21. The molecule has 0 aromatic heterocycles. The molecule has 0 amide bonds. The van der Waals surface area contributed by atoms with Gasteiger partial charge < -0.3 is 21.9 Å². The summed E-state index contributed by atoms with van der Waals surface area (Å²) in [6.45, 7) is 2.57. The Morgan fingerprint density at radius 2 is 2.13 bits per heavy atom. The van der Waals surface area contributed by atoms with Crippen molar-refractivity contribution in [3.63, 3.8) is 0 Å². The first kappa shape index (κ1) is 15.0. The van der Waals surface area contributed by atoms with Gasteiger partial charge in [-0.3, -0.25) is 4.79 Å². The molecule has 6 N–H and O–H groups in total. The van der Waals surface area contributed by atoms with Gasteiger partial charge in [0, 0.05) is 18.1 Å². The highest BCUT2D eigenvalue weighted by Crippen LogP contribution is 2.20. The Bertz CT molecular complexity index is 172. The molecule has 0 bridgehead atoms. The number of hydrogen-bond acceptors (Lipinski definition) is 6. The van der Waals surface area contributed by atoms with Gasteiger partial charge in [0.25, 0.3) is 0 Å². The standard InChI is InChI=1S/C8H19N3O2S2/c9-2-1-3-11-4-5-14-15-6-7(10)8(12)13/h7,11H,1-6,9-10H2,(H,12,13)/t7-/m0/s1. The van der Waals surface area contributed by atoms with Gasteiger partial charge in [0.1, 0.15) is 6.04 Å². The summed E-state index contributed by atoms with van der Waals surface area (Å²) in [5, 5.41) is 11.7. The SMILES string of the molecule is NCCCNCCSSC[C@H](N)C(=O)O. The van der Waals surface area contributed by atoms with Gasteiger partial charge in [-0.25, -0.2) is 0 Å². The minimum atomic E-state index is -0.941. The second-order valence-corrected chi connectivity index (χ2v) is 5.57. The van der Waals surface area contributed by atoms with Gasteiger partial charge in [0.15, 0.2) is 0 Å². The number of nitrogens with one attached hydrogen (secondary N) is 1. The zero-order valence-corrected chi connectivity index (χ0v) is 10.3. The molecule has 15 heavy (non-hydrogen) atoms. The maximum Gasteiger partial charge on any atom is 0.321 e. The van der Waals surface area contributed by atoms with Crippen molar-refractivity contribution in [2.24, 2.45) is 11.5 Å². The highest BCUT2D eigenvalue weighted by Gasteiger charge is 2.10. The summed E-state index contributed by atoms with van der Waals surface area (Å²) in [6, 6.07) is -0.757. The number of carbonyl (C=O) groups is 1. The van der Waals surface area contributed by atoms with E-state index in [-0.39, 0.29) is 0 Å². The summed E-state index contributed by atoms with van der Waals surface area (Å²) in [5.41, 5.74) is 10.7. The van der Waals surface area contributed by atoms with E-state index in [0.29, 0.717) is 12.3 Å². The fraction of sp³-hybridized carbons (Fsp3) is 0.875. The molecule has 0 heterocycles. The molecule has 0 saturated carbocycles. The van der Waals surface area contributed by atoms with E-state index in [9.17, 15) is 4.79 Å². The van der Waals surface area contributed by atoms with E-state index >= 15 is 0 Å². The lowest BCUT2D eigenvalue weighted by Gasteiger charge is -2.05. The molecule has 7 heteroatoms. The molecule has 0 aliphatic heterocycles. The van der Waals surface area contributed by atoms with E-state index < -0.39 is 12.0 Å². The molecule has 0 saturated heterocycles. The van der Waals surface area contributed by atoms with Crippen molar-refractivity contribution >= 4 is 27.6 Å². The maximum absolute atomic E-state index is 10.4. The maximum atomic E-state index is 10.4. The number of carboxylic acids is 1. The summed E-state index contributed by atoms with van der Waals surface area (Å²) in [5.74, 6) is 0.453. The number of nitrogens with two attached hydrogens (primary N) is 2. The summed E-state index contributed by atoms with van der Waals surface area (Å²) in [6.07, 6.45) is 0.988. The van der Waals surface area contributed by atoms with Crippen molar-refractivity contribution < 1.29 is 9.90 Å². The predicted octanol–water partition coefficient (Wildman–Crippen LogP) is -0.282. The van der Waals surface area contributed by atoms with Crippen LogP contribution >= 0.6 is 21.6 Å². The number of aliphatic carboxylic acids is 1. The Balaban J connectivity index is 3.08. The second-order valence-electron chi connectivity index (χ2n) is 2.94. The van der Waals surface area contributed by atoms with Crippen molar-refractivity contribution in [1.82, 2.24) is 5.32 Å². The lowest BCUT2D eigenvalue weighted by molar-refractivity contribution is -0.137. The molecule has 0 unspecified atom stereocenters. The van der Waals surface area contributed by atoms with Crippen molar-refractivity contribution in [1.29, 1.82) is 0 Å². The van der Waals surface area contributed by atoms with Crippen LogP contribution < -0.4 is 16.8 Å². The van der Waals surface area contributed by atoms with E-state index in [0.717, 1.165) is 25.3 Å². The second kappa shape index (κ2) is 10.6. The van der Waals surface area contributed by atoms with Crippen LogP contribution in [0.1, 0.15) is 6.42 Å². The predicted molar refractivity (Wildman–Crippen MR) is 67.1 cm³/mol. The summed E-state index contributed by atoms with van der Waals surface area (Å²) in [4.78, 5) is 10.4. The Labute approximate surface area is 98.1 Å². The molecule has 0 aromatic carbocycles. The lowest BCUT2D eigenvalue weighted by atomic mass is 10.4. The van der Waals surface area contributed by atoms with Gasteiger partial charge in [-0.15, -0.1) is 0 Å². The highest BCUT2D eigenvalue weighted by atomic mass is 33.1. The van der Waals surface area contributed by atoms with Gasteiger partial charge >= 0.3 is 5.97 Å². The molecule has 90 valence electrons. The molecular weight excluding hydrogens is 234 g/mol. The first-order valence-electron chi connectivity index (χ1n) is 4.82. The largest absolute Gasteiger partial charge is 0.480 e. The van der Waals surface area contributed by atoms with E-state index in [1.165, 1.54) is 10.8 Å². The molecule has 0 fully saturated rings. The first-order valence-corrected chi connectivity index (χ1v) is 7.31. The van der Waals surface area contributed by atoms with Crippen LogP contribution in [0.25, 0.3) is 0 Å². The van der Waals surface area contributed by atoms with Gasteiger partial charge in [-0.2, -0.15) is 0 Å². The topological polar surface area (TPSA) is 101 Å². The van der Waals surface area contributed by atoms with Crippen LogP contribution in [0.5, 0.6) is 0 Å². The van der Waals surface area contributed by atoms with Crippen LogP contribution in [0.2, 0.25) is 0 Å². The molecule has 1 atom stereocenters. The third kappa shape index (κ3) is 10.3. The fourth-order valence-electron chi connectivity index (χ4n) is 0.718. The quantitative estimate of drug-likeness (QED) is 0.314. The van der Waals surface area contributed by atoms with Crippen LogP contribution in [0.15, 0.2) is 0 Å². The zero-order chi connectivity index (χ0) is 11.5. The Morgan fingerprint density at radius 3 is 2.73 bits per heavy atom. The molecule has 0 rings (SSSR count). The van der Waals surface area contributed by atoms with Crippen molar-refractivity contribution in [3.05, 3.63) is 0 Å². The number of carboxylic acid groups (broad SMARTS) is 1. The minimum absolute atomic E-state index is 0.447. The van der Waals surface area contributed by atoms with E-state index in [1.54, 1.807) is 10.8 Å². The molecular formula is C8H19N3O2S2. The van der Waals surface area contributed by atoms with E-state index in [4.69, 9.17) is 16.6 Å². The van der Waals surface area contributed by atoms with Gasteiger partial charge in [0.2, 0.25) is 0 Å². The molecule has 0 aromatic rings. The Kier molecular flexibility index (Phi) is 10.6. The summed E-state index contributed by atoms with van der Waals surface area (Å²) < 4.78 is 0. The van der Waals surface area contributed by atoms with Crippen LogP contribution in [0.3, 0.4) is 0 Å². The van der Waals surface area contributed by atoms with Gasteiger partial charge in [-0.1, -0.05) is 21.6 Å². The monoisotopic (exact) mass is 253 g/mol. The third-order valence-corrected chi connectivity index (χ3v) is 4.01. The Morgan fingerprint density at radius 1 is 1.40 bits per heavy atom. The van der Waals surface area contributed by atoms with Crippen LogP contribution in [-0.4, -0.2) is 48.3 Å². The fourth-order valence-corrected chi connectivity index (χ4v) is 2.78. The molecule has 5 nitrogen and oxygen atoms in total. The molecule has 0 aliphatic carbocycles. The van der Waals surface area contributed by atoms with E-state index in [2.05, 4.69) is 5.32 Å². The molecule has 0 spiro atoms. The summed E-state index contributed by atoms with van der Waals surface area (Å²) >= 11 is 0. The zero-order valence-electron chi connectivity index (χ0n) is 8.65. The molecule has 0 radical (unpaired) electrons. The average molecular weight is 253 g/mol. The third-order valence-electron chi connectivity index (χ3n) is 1.57. The Hall–Kier alpha value is 0.0500. The highest BCUT2D eigenvalue weighted by molar-refractivity contribution is 8.76. The van der Waals surface area contributed by atoms with Crippen LogP contribution in [0.4, 0.5) is 0 Å². The molecule has 0 aliphatic rings. The number of rotatable bonds is 10. The lowest BCUT2D eigenvalue weighted by Crippen LogP contribution is -2.32. The smallest absolute Gasteiger partial charge is 0.321 e. The van der Waals surface area contributed by atoms with Gasteiger partial charge in [-0.05, 0) is 19.5 Å². The first-order chi connectivity index (χ1) is 7.18. The van der Waals surface area contributed by atoms with Crippen molar-refractivity contribution in [2.45, 2.75) is 12.5 Å².